The van der Waals surface area contributed by atoms with Crippen molar-refractivity contribution in [1.29, 1.82) is 0 Å². The lowest BCUT2D eigenvalue weighted by Gasteiger charge is -2.25. The minimum absolute atomic E-state index is 0.0584. The van der Waals surface area contributed by atoms with Crippen LogP contribution in [0.15, 0.2) is 97.2 Å². The number of phosphoric acid groups is 1. The monoisotopic (exact) mass is 1070 g/mol. The van der Waals surface area contributed by atoms with Gasteiger partial charge in [-0.3, -0.25) is 13.8 Å². The number of carbonyl (C=O) groups excluding carboxylic acids is 1. The predicted octanol–water partition coefficient (Wildman–Crippen LogP) is 19.4. The SMILES string of the molecule is CC/C=C\C/C=C\C/C=C\C/C=C\C/C=C\C/C=C\C/C=C\CCCCCCCCCCCCCCCC(=O)NC(COP(=O)(O)OCC[N+](C)(C)C)C(O)/C=C/CCCCCCCCCCCCCCCCCC. The van der Waals surface area contributed by atoms with Crippen molar-refractivity contribution in [2.75, 3.05) is 40.9 Å². The van der Waals surface area contributed by atoms with Crippen LogP contribution < -0.4 is 5.32 Å². The number of aliphatic hydroxyl groups is 1. The summed E-state index contributed by atoms with van der Waals surface area (Å²) in [7, 11) is 1.57. The molecule has 434 valence electrons. The lowest BCUT2D eigenvalue weighted by atomic mass is 10.0. The second-order valence-electron chi connectivity index (χ2n) is 22.1. The zero-order chi connectivity index (χ0) is 54.9. The van der Waals surface area contributed by atoms with Gasteiger partial charge in [0.25, 0.3) is 0 Å². The Morgan fingerprint density at radius 1 is 0.467 bits per heavy atom. The normalized spacial score (nSPS) is 14.5. The number of nitrogens with one attached hydrogen (secondary N) is 1. The molecule has 0 rings (SSSR count). The first-order valence-electron chi connectivity index (χ1n) is 31.1. The maximum atomic E-state index is 13.0. The van der Waals surface area contributed by atoms with Crippen LogP contribution in [0.4, 0.5) is 0 Å². The van der Waals surface area contributed by atoms with E-state index in [1.165, 1.54) is 161 Å². The van der Waals surface area contributed by atoms with Gasteiger partial charge in [0.2, 0.25) is 5.91 Å². The number of hydrogen-bond donors (Lipinski definition) is 3. The highest BCUT2D eigenvalue weighted by Crippen LogP contribution is 2.43. The van der Waals surface area contributed by atoms with Gasteiger partial charge in [-0.05, 0) is 77.0 Å². The van der Waals surface area contributed by atoms with Crippen molar-refractivity contribution < 1.29 is 32.9 Å². The van der Waals surface area contributed by atoms with E-state index in [0.29, 0.717) is 17.4 Å². The van der Waals surface area contributed by atoms with Gasteiger partial charge in [-0.25, -0.2) is 4.57 Å². The summed E-state index contributed by atoms with van der Waals surface area (Å²) in [5.41, 5.74) is 0. The summed E-state index contributed by atoms with van der Waals surface area (Å²) in [5, 5.41) is 14.0. The third-order valence-electron chi connectivity index (χ3n) is 13.6. The molecule has 0 radical (unpaired) electrons. The standard InChI is InChI=1S/C66H119N2O6P/c1-6-8-10-12-14-16-18-20-22-24-26-27-28-29-30-31-32-33-34-35-36-37-38-39-40-41-42-44-46-48-50-52-54-56-58-60-66(70)67-64(63-74-75(71,72)73-62-61-68(3,4)5)65(69)59-57-55-53-51-49-47-45-43-25-23-21-19-17-15-13-11-9-7-2/h8,10,14,16,20,22,26-27,29-30,32-33,35-36,57,59,64-65,69H,6-7,9,11-13,15,17-19,21,23-25,28,31,34,37-56,58,60-63H2,1-5H3,(H-,67,70,71,72)/p+1/b10-8-,16-14-,22-20-,27-26-,30-29-,33-32-,36-35-,59-57+. The van der Waals surface area contributed by atoms with Gasteiger partial charge in [-0.2, -0.15) is 0 Å². The molecule has 0 saturated heterocycles. The molecule has 0 fully saturated rings. The predicted molar refractivity (Wildman–Crippen MR) is 327 cm³/mol. The molecule has 75 heavy (non-hydrogen) atoms. The highest BCUT2D eigenvalue weighted by atomic mass is 31.2. The number of likely N-dealkylation sites (N-methyl/N-ethyl adjacent to an activating group) is 1. The van der Waals surface area contributed by atoms with Crippen molar-refractivity contribution in [3.05, 3.63) is 97.2 Å². The Morgan fingerprint density at radius 3 is 1.17 bits per heavy atom. The molecule has 0 spiro atoms. The highest BCUT2D eigenvalue weighted by molar-refractivity contribution is 7.47. The number of allylic oxidation sites excluding steroid dienone is 15. The minimum Gasteiger partial charge on any atom is -0.387 e. The molecule has 0 aliphatic carbocycles. The molecule has 0 aromatic rings. The van der Waals surface area contributed by atoms with Gasteiger partial charge < -0.3 is 19.8 Å². The molecule has 3 unspecified atom stereocenters. The molecule has 0 saturated carbocycles. The molecule has 8 nitrogen and oxygen atoms in total. The van der Waals surface area contributed by atoms with Gasteiger partial charge in [-0.15, -0.1) is 0 Å². The van der Waals surface area contributed by atoms with Gasteiger partial charge in [0.05, 0.1) is 39.9 Å². The van der Waals surface area contributed by atoms with Crippen molar-refractivity contribution in [1.82, 2.24) is 5.32 Å². The second-order valence-corrected chi connectivity index (χ2v) is 23.5. The van der Waals surface area contributed by atoms with Gasteiger partial charge in [0.15, 0.2) is 0 Å². The van der Waals surface area contributed by atoms with E-state index in [1.807, 2.05) is 27.2 Å². The maximum Gasteiger partial charge on any atom is 0.472 e. The molecule has 0 heterocycles. The number of aliphatic hydroxyl groups excluding tert-OH is 1. The van der Waals surface area contributed by atoms with E-state index in [1.54, 1.807) is 6.08 Å². The van der Waals surface area contributed by atoms with E-state index in [-0.39, 0.29) is 19.1 Å². The molecule has 3 atom stereocenters. The summed E-state index contributed by atoms with van der Waals surface area (Å²) in [4.78, 5) is 23.3. The summed E-state index contributed by atoms with van der Waals surface area (Å²) < 4.78 is 23.7. The van der Waals surface area contributed by atoms with E-state index in [0.717, 1.165) is 83.5 Å². The molecule has 0 aromatic carbocycles. The Hall–Kier alpha value is -2.58. The van der Waals surface area contributed by atoms with E-state index in [4.69, 9.17) is 9.05 Å². The fraction of sp³-hybridized carbons (Fsp3) is 0.742. The molecule has 1 amide bonds. The van der Waals surface area contributed by atoms with Crippen LogP contribution in [0.3, 0.4) is 0 Å². The van der Waals surface area contributed by atoms with E-state index >= 15 is 0 Å². The summed E-state index contributed by atoms with van der Waals surface area (Å²) >= 11 is 0. The summed E-state index contributed by atoms with van der Waals surface area (Å²) in [5.74, 6) is -0.180. The molecular formula is C66H120N2O6P+. The Kier molecular flexibility index (Phi) is 54.2. The van der Waals surface area contributed by atoms with Crippen molar-refractivity contribution in [3.63, 3.8) is 0 Å². The van der Waals surface area contributed by atoms with Crippen LogP contribution in [0, 0.1) is 0 Å². The Bertz CT molecular complexity index is 1540. The number of carbonyl (C=O) groups is 1. The van der Waals surface area contributed by atoms with Crippen LogP contribution in [0.25, 0.3) is 0 Å². The molecule has 0 bridgehead atoms. The van der Waals surface area contributed by atoms with Crippen LogP contribution >= 0.6 is 7.82 Å². The fourth-order valence-corrected chi connectivity index (χ4v) is 9.47. The molecule has 0 aromatic heterocycles. The number of amides is 1. The maximum absolute atomic E-state index is 13.0. The number of quaternary nitrogens is 1. The molecule has 9 heteroatoms. The van der Waals surface area contributed by atoms with Crippen molar-refractivity contribution in [2.24, 2.45) is 0 Å². The van der Waals surface area contributed by atoms with E-state index in [2.05, 4.69) is 104 Å². The zero-order valence-electron chi connectivity index (χ0n) is 49.5. The van der Waals surface area contributed by atoms with Gasteiger partial charge in [0, 0.05) is 6.42 Å². The van der Waals surface area contributed by atoms with Gasteiger partial charge in [-0.1, -0.05) is 278 Å². The Labute approximate surface area is 464 Å². The van der Waals surface area contributed by atoms with Crippen molar-refractivity contribution in [2.45, 2.75) is 276 Å². The quantitative estimate of drug-likeness (QED) is 0.0243. The number of nitrogens with zero attached hydrogens (tertiary/aromatic N) is 1. The zero-order valence-corrected chi connectivity index (χ0v) is 50.4. The molecular weight excluding hydrogens is 948 g/mol. The van der Waals surface area contributed by atoms with E-state index < -0.39 is 20.0 Å². The van der Waals surface area contributed by atoms with Gasteiger partial charge in [0.1, 0.15) is 13.2 Å². The number of hydrogen-bond acceptors (Lipinski definition) is 5. The first-order valence-corrected chi connectivity index (χ1v) is 32.6. The minimum atomic E-state index is -4.35. The second kappa shape index (κ2) is 56.2. The van der Waals surface area contributed by atoms with Crippen LogP contribution in [0.1, 0.15) is 264 Å². The molecule has 0 aliphatic rings. The number of rotatable bonds is 56. The molecule has 0 aliphatic heterocycles. The third-order valence-corrected chi connectivity index (χ3v) is 14.5. The summed E-state index contributed by atoms with van der Waals surface area (Å²) in [6, 6.07) is -0.853. The van der Waals surface area contributed by atoms with Crippen molar-refractivity contribution in [3.8, 4) is 0 Å². The van der Waals surface area contributed by atoms with Crippen molar-refractivity contribution >= 4 is 13.7 Å². The average molecular weight is 1070 g/mol. The first-order chi connectivity index (χ1) is 36.5. The van der Waals surface area contributed by atoms with Crippen LogP contribution in [0.5, 0.6) is 0 Å². The smallest absolute Gasteiger partial charge is 0.387 e. The summed E-state index contributed by atoms with van der Waals surface area (Å²) in [6.07, 6.45) is 80.9. The third kappa shape index (κ3) is 58.9. The molecule has 3 N–H and O–H groups in total. The number of unbranched alkanes of at least 4 members (excludes halogenated alkanes) is 29. The summed E-state index contributed by atoms with van der Waals surface area (Å²) in [6.45, 7) is 4.71. The Morgan fingerprint density at radius 2 is 0.800 bits per heavy atom. The lowest BCUT2D eigenvalue weighted by Crippen LogP contribution is -2.45. The topological polar surface area (TPSA) is 105 Å². The van der Waals surface area contributed by atoms with E-state index in [9.17, 15) is 19.4 Å². The first kappa shape index (κ1) is 72.4. The highest BCUT2D eigenvalue weighted by Gasteiger charge is 2.27. The lowest BCUT2D eigenvalue weighted by molar-refractivity contribution is -0.870. The average Bonchev–Trinajstić information content (AvgIpc) is 3.37. The van der Waals surface area contributed by atoms with Crippen LogP contribution in [-0.2, 0) is 18.4 Å². The fourth-order valence-electron chi connectivity index (χ4n) is 8.73. The largest absolute Gasteiger partial charge is 0.472 e. The van der Waals surface area contributed by atoms with Crippen LogP contribution in [-0.4, -0.2) is 73.4 Å². The number of phosphoric ester groups is 1. The Balaban J connectivity index is 4.12. The van der Waals surface area contributed by atoms with Gasteiger partial charge >= 0.3 is 7.82 Å². The van der Waals surface area contributed by atoms with Crippen LogP contribution in [0.2, 0.25) is 0 Å².